The number of likely N-dealkylation sites (tertiary alicyclic amines) is 1. The average molecular weight is 439 g/mol. The number of piperidine rings is 1. The van der Waals surface area contributed by atoms with E-state index in [1.54, 1.807) is 41.3 Å². The second kappa shape index (κ2) is 8.63. The summed E-state index contributed by atoms with van der Waals surface area (Å²) in [5.74, 6) is 0.0307. The molecule has 8 heteroatoms. The molecule has 1 aliphatic rings. The molecule has 7 nitrogen and oxygen atoms in total. The third-order valence-electron chi connectivity index (χ3n) is 5.69. The van der Waals surface area contributed by atoms with Crippen LogP contribution in [0.2, 0.25) is 0 Å². The maximum absolute atomic E-state index is 13.3. The number of aromatic nitrogens is 3. The largest absolute Gasteiger partial charge is 0.334 e. The van der Waals surface area contributed by atoms with Crippen molar-refractivity contribution in [2.24, 2.45) is 7.05 Å². The molecule has 31 heavy (non-hydrogen) atoms. The summed E-state index contributed by atoms with van der Waals surface area (Å²) in [7, 11) is -1.36. The Morgan fingerprint density at radius 2 is 1.81 bits per heavy atom. The Labute approximate surface area is 182 Å². The number of hydrogen-bond acceptors (Lipinski definition) is 5. The highest BCUT2D eigenvalue weighted by atomic mass is 32.2. The van der Waals surface area contributed by atoms with Crippen molar-refractivity contribution < 1.29 is 13.2 Å². The molecule has 1 aromatic carbocycles. The number of pyridine rings is 1. The van der Waals surface area contributed by atoms with Crippen molar-refractivity contribution in [1.82, 2.24) is 19.7 Å². The van der Waals surface area contributed by atoms with Gasteiger partial charge in [0.05, 0.1) is 23.1 Å². The van der Waals surface area contributed by atoms with Crippen molar-refractivity contribution in [2.75, 3.05) is 12.8 Å². The van der Waals surface area contributed by atoms with Crippen LogP contribution in [0.4, 0.5) is 0 Å². The van der Waals surface area contributed by atoms with Crippen molar-refractivity contribution >= 4 is 15.7 Å². The van der Waals surface area contributed by atoms with Gasteiger partial charge in [0, 0.05) is 44.0 Å². The van der Waals surface area contributed by atoms with Gasteiger partial charge < -0.3 is 4.90 Å². The zero-order valence-electron chi connectivity index (χ0n) is 17.7. The van der Waals surface area contributed by atoms with Crippen LogP contribution in [-0.4, -0.2) is 46.8 Å². The molecule has 3 heterocycles. The van der Waals surface area contributed by atoms with Crippen molar-refractivity contribution in [1.29, 1.82) is 0 Å². The first-order valence-electron chi connectivity index (χ1n) is 10.4. The molecule has 1 saturated heterocycles. The molecule has 0 radical (unpaired) electrons. The number of sulfone groups is 1. The SMILES string of the molecule is Cn1cc(-c2ccncc2)c([C@H]2CCCCN2C(=O)Cc2ccc(S(C)(=O)=O)cc2)n1. The van der Waals surface area contributed by atoms with Gasteiger partial charge in [0.15, 0.2) is 9.84 Å². The summed E-state index contributed by atoms with van der Waals surface area (Å²) in [5.41, 5.74) is 3.77. The van der Waals surface area contributed by atoms with E-state index >= 15 is 0 Å². The van der Waals surface area contributed by atoms with Crippen molar-refractivity contribution in [2.45, 2.75) is 36.6 Å². The van der Waals surface area contributed by atoms with Crippen LogP contribution in [0.1, 0.15) is 36.6 Å². The highest BCUT2D eigenvalue weighted by molar-refractivity contribution is 7.90. The van der Waals surface area contributed by atoms with Crippen molar-refractivity contribution in [3.05, 3.63) is 66.2 Å². The van der Waals surface area contributed by atoms with Gasteiger partial charge in [-0.15, -0.1) is 0 Å². The molecule has 0 N–H and O–H groups in total. The van der Waals surface area contributed by atoms with Gasteiger partial charge in [0.2, 0.25) is 5.91 Å². The van der Waals surface area contributed by atoms with Crippen LogP contribution < -0.4 is 0 Å². The molecular weight excluding hydrogens is 412 g/mol. The molecule has 0 saturated carbocycles. The minimum Gasteiger partial charge on any atom is -0.334 e. The molecular formula is C23H26N4O3S. The van der Waals surface area contributed by atoms with Crippen LogP contribution in [-0.2, 0) is 28.1 Å². The average Bonchev–Trinajstić information content (AvgIpc) is 3.15. The molecule has 0 spiro atoms. The molecule has 0 aliphatic carbocycles. The lowest BCUT2D eigenvalue weighted by Gasteiger charge is -2.35. The third-order valence-corrected chi connectivity index (χ3v) is 6.82. The lowest BCUT2D eigenvalue weighted by molar-refractivity contribution is -0.134. The second-order valence-electron chi connectivity index (χ2n) is 8.03. The number of rotatable bonds is 5. The minimum atomic E-state index is -3.25. The molecule has 4 rings (SSSR count). The number of nitrogens with zero attached hydrogens (tertiary/aromatic N) is 4. The first-order chi connectivity index (χ1) is 14.8. The fourth-order valence-electron chi connectivity index (χ4n) is 4.15. The van der Waals surface area contributed by atoms with Gasteiger partial charge in [-0.25, -0.2) is 8.42 Å². The van der Waals surface area contributed by atoms with Crippen LogP contribution in [0.25, 0.3) is 11.1 Å². The number of carbonyl (C=O) groups excluding carboxylic acids is 1. The van der Waals surface area contributed by atoms with Gasteiger partial charge in [-0.2, -0.15) is 5.10 Å². The maximum atomic E-state index is 13.3. The first kappa shape index (κ1) is 21.2. The number of hydrogen-bond donors (Lipinski definition) is 0. The van der Waals surface area contributed by atoms with E-state index in [4.69, 9.17) is 5.10 Å². The van der Waals surface area contributed by atoms with E-state index in [0.29, 0.717) is 6.54 Å². The monoisotopic (exact) mass is 438 g/mol. The summed E-state index contributed by atoms with van der Waals surface area (Å²) in [5, 5.41) is 4.72. The van der Waals surface area contributed by atoms with Gasteiger partial charge in [-0.1, -0.05) is 12.1 Å². The second-order valence-corrected chi connectivity index (χ2v) is 10.0. The summed E-state index contributed by atoms with van der Waals surface area (Å²) in [6.07, 6.45) is 9.80. The van der Waals surface area contributed by atoms with Gasteiger partial charge in [0.1, 0.15) is 0 Å². The van der Waals surface area contributed by atoms with E-state index in [1.807, 2.05) is 30.3 Å². The number of carbonyl (C=O) groups is 1. The Morgan fingerprint density at radius 1 is 1.10 bits per heavy atom. The molecule has 1 amide bonds. The number of aryl methyl sites for hydroxylation is 1. The molecule has 3 aromatic rings. The summed E-state index contributed by atoms with van der Waals surface area (Å²) < 4.78 is 25.2. The zero-order chi connectivity index (χ0) is 22.0. The fraction of sp³-hybridized carbons (Fsp3) is 0.348. The molecule has 2 aromatic heterocycles. The van der Waals surface area contributed by atoms with Crippen LogP contribution in [0.5, 0.6) is 0 Å². The number of benzene rings is 1. The molecule has 162 valence electrons. The summed E-state index contributed by atoms with van der Waals surface area (Å²) in [6, 6.07) is 10.4. The lowest BCUT2D eigenvalue weighted by atomic mass is 9.94. The van der Waals surface area contributed by atoms with Crippen LogP contribution in [0.15, 0.2) is 59.9 Å². The first-order valence-corrected chi connectivity index (χ1v) is 12.2. The Kier molecular flexibility index (Phi) is 5.91. The molecule has 0 unspecified atom stereocenters. The summed E-state index contributed by atoms with van der Waals surface area (Å²) in [6.45, 7) is 0.692. The van der Waals surface area contributed by atoms with Gasteiger partial charge in [-0.3, -0.25) is 14.5 Å². The Morgan fingerprint density at radius 3 is 2.48 bits per heavy atom. The predicted octanol–water partition coefficient (Wildman–Crippen LogP) is 3.18. The van der Waals surface area contributed by atoms with Gasteiger partial charge in [-0.05, 0) is 54.7 Å². The van der Waals surface area contributed by atoms with E-state index in [9.17, 15) is 13.2 Å². The smallest absolute Gasteiger partial charge is 0.227 e. The highest BCUT2D eigenvalue weighted by Crippen LogP contribution is 2.36. The fourth-order valence-corrected chi connectivity index (χ4v) is 4.78. The summed E-state index contributed by atoms with van der Waals surface area (Å²) >= 11 is 0. The molecule has 1 atom stereocenters. The van der Waals surface area contributed by atoms with E-state index in [0.717, 1.165) is 41.6 Å². The molecule has 0 bridgehead atoms. The van der Waals surface area contributed by atoms with Gasteiger partial charge >= 0.3 is 0 Å². The normalized spacial score (nSPS) is 17.0. The Bertz CT molecular complexity index is 1170. The topological polar surface area (TPSA) is 85.2 Å². The van der Waals surface area contributed by atoms with E-state index in [2.05, 4.69) is 4.98 Å². The maximum Gasteiger partial charge on any atom is 0.227 e. The predicted molar refractivity (Wildman–Crippen MR) is 118 cm³/mol. The van der Waals surface area contributed by atoms with Crippen molar-refractivity contribution in [3.8, 4) is 11.1 Å². The highest BCUT2D eigenvalue weighted by Gasteiger charge is 2.31. The van der Waals surface area contributed by atoms with Gasteiger partial charge in [0.25, 0.3) is 0 Å². The minimum absolute atomic E-state index is 0.0307. The van der Waals surface area contributed by atoms with E-state index in [-0.39, 0.29) is 23.3 Å². The lowest BCUT2D eigenvalue weighted by Crippen LogP contribution is -2.39. The molecule has 1 fully saturated rings. The van der Waals surface area contributed by atoms with Crippen molar-refractivity contribution in [3.63, 3.8) is 0 Å². The van der Waals surface area contributed by atoms with E-state index in [1.165, 1.54) is 6.26 Å². The van der Waals surface area contributed by atoms with Crippen LogP contribution >= 0.6 is 0 Å². The van der Waals surface area contributed by atoms with E-state index < -0.39 is 9.84 Å². The quantitative estimate of drug-likeness (QED) is 0.611. The standard InChI is InChI=1S/C23H26N4O3S/c1-26-16-20(18-10-12-24-13-11-18)23(25-26)21-5-3-4-14-27(21)22(28)15-17-6-8-19(9-7-17)31(2,29)30/h6-13,16,21H,3-5,14-15H2,1-2H3/t21-/m1/s1. The Balaban J connectivity index is 1.59. The third kappa shape index (κ3) is 4.69. The van der Waals surface area contributed by atoms with Crippen LogP contribution in [0.3, 0.4) is 0 Å². The van der Waals surface area contributed by atoms with Crippen LogP contribution in [0, 0.1) is 0 Å². The summed E-state index contributed by atoms with van der Waals surface area (Å²) in [4.78, 5) is 19.5. The zero-order valence-corrected chi connectivity index (χ0v) is 18.5. The number of amides is 1. The Hall–Kier alpha value is -3.00. The molecule has 1 aliphatic heterocycles.